The number of carbonyl (C=O) groups excluding carboxylic acids is 1. The van der Waals surface area contributed by atoms with Crippen molar-refractivity contribution in [1.29, 1.82) is 0 Å². The van der Waals surface area contributed by atoms with E-state index in [4.69, 9.17) is 5.11 Å². The molecular weight excluding hydrogens is 292 g/mol. The van der Waals surface area contributed by atoms with Gasteiger partial charge in [-0.1, -0.05) is 36.8 Å². The zero-order valence-electron chi connectivity index (χ0n) is 13.3. The Hall–Kier alpha value is -2.04. The van der Waals surface area contributed by atoms with Crippen molar-refractivity contribution in [3.8, 4) is 0 Å². The molecule has 5 nitrogen and oxygen atoms in total. The Balaban J connectivity index is 1.54. The normalized spacial score (nSPS) is 20.6. The smallest absolute Gasteiger partial charge is 0.317 e. The molecule has 23 heavy (non-hydrogen) atoms. The molecule has 0 radical (unpaired) electrons. The first kappa shape index (κ1) is 15.8. The summed E-state index contributed by atoms with van der Waals surface area (Å²) in [4.78, 5) is 25.1. The van der Waals surface area contributed by atoms with Crippen molar-refractivity contribution in [3.63, 3.8) is 0 Å². The molecule has 1 saturated heterocycles. The zero-order valence-corrected chi connectivity index (χ0v) is 13.3. The fourth-order valence-corrected chi connectivity index (χ4v) is 3.65. The van der Waals surface area contributed by atoms with E-state index in [0.717, 1.165) is 12.8 Å². The van der Waals surface area contributed by atoms with Crippen LogP contribution in [-0.4, -0.2) is 41.6 Å². The number of amides is 2. The van der Waals surface area contributed by atoms with Crippen molar-refractivity contribution in [2.45, 2.75) is 37.5 Å². The summed E-state index contributed by atoms with van der Waals surface area (Å²) in [6.07, 6.45) is 4.52. The van der Waals surface area contributed by atoms with Gasteiger partial charge >= 0.3 is 12.0 Å². The van der Waals surface area contributed by atoms with Crippen molar-refractivity contribution in [3.05, 3.63) is 35.9 Å². The highest BCUT2D eigenvalue weighted by Gasteiger charge is 2.39. The maximum atomic E-state index is 12.4. The van der Waals surface area contributed by atoms with E-state index >= 15 is 0 Å². The van der Waals surface area contributed by atoms with Crippen LogP contribution in [0.1, 0.15) is 37.7 Å². The molecule has 1 heterocycles. The van der Waals surface area contributed by atoms with Crippen LogP contribution in [0.2, 0.25) is 0 Å². The summed E-state index contributed by atoms with van der Waals surface area (Å²) in [5.74, 6) is -1.05. The van der Waals surface area contributed by atoms with Crippen LogP contribution in [0.5, 0.6) is 0 Å². The lowest BCUT2D eigenvalue weighted by atomic mass is 9.64. The first-order chi connectivity index (χ1) is 11.1. The predicted molar refractivity (Wildman–Crippen MR) is 87.3 cm³/mol. The molecule has 3 rings (SSSR count). The number of rotatable bonds is 4. The second-order valence-corrected chi connectivity index (χ2v) is 6.76. The summed E-state index contributed by atoms with van der Waals surface area (Å²) >= 11 is 0. The van der Waals surface area contributed by atoms with Gasteiger partial charge in [-0.2, -0.15) is 0 Å². The molecule has 5 heteroatoms. The number of piperidine rings is 1. The summed E-state index contributed by atoms with van der Waals surface area (Å²) < 4.78 is 0. The fourth-order valence-electron chi connectivity index (χ4n) is 3.65. The summed E-state index contributed by atoms with van der Waals surface area (Å²) in [7, 11) is 0. The second-order valence-electron chi connectivity index (χ2n) is 6.76. The molecule has 0 spiro atoms. The number of carboxylic acid groups (broad SMARTS) is 1. The fraction of sp³-hybridized carbons (Fsp3) is 0.556. The quantitative estimate of drug-likeness (QED) is 0.897. The van der Waals surface area contributed by atoms with Crippen LogP contribution in [0.25, 0.3) is 0 Å². The molecule has 1 aliphatic carbocycles. The summed E-state index contributed by atoms with van der Waals surface area (Å²) in [5.41, 5.74) is 1.38. The third-order valence-electron chi connectivity index (χ3n) is 5.41. The van der Waals surface area contributed by atoms with E-state index < -0.39 is 5.97 Å². The van der Waals surface area contributed by atoms with Crippen LogP contribution in [0.4, 0.5) is 4.79 Å². The summed E-state index contributed by atoms with van der Waals surface area (Å²) in [6, 6.07) is 10.3. The van der Waals surface area contributed by atoms with Gasteiger partial charge in [0.15, 0.2) is 0 Å². The molecule has 1 saturated carbocycles. The number of carbonyl (C=O) groups is 2. The number of benzene rings is 1. The van der Waals surface area contributed by atoms with Crippen molar-refractivity contribution >= 4 is 12.0 Å². The van der Waals surface area contributed by atoms with E-state index in [1.165, 1.54) is 12.0 Å². The molecule has 2 fully saturated rings. The number of carboxylic acids is 1. The van der Waals surface area contributed by atoms with E-state index in [1.54, 1.807) is 4.90 Å². The highest BCUT2D eigenvalue weighted by Crippen LogP contribution is 2.43. The predicted octanol–water partition coefficient (Wildman–Crippen LogP) is 2.61. The van der Waals surface area contributed by atoms with Gasteiger partial charge in [-0.3, -0.25) is 4.79 Å². The first-order valence-electron chi connectivity index (χ1n) is 8.42. The standard InChI is InChI=1S/C18H24N2O3/c21-16(22)14-7-11-20(12-8-14)17(23)19-13-18(9-4-10-18)15-5-2-1-3-6-15/h1-3,5-6,14H,4,7-13H2,(H,19,23)(H,21,22). The lowest BCUT2D eigenvalue weighted by molar-refractivity contribution is -0.143. The minimum atomic E-state index is -0.748. The van der Waals surface area contributed by atoms with Crippen molar-refractivity contribution < 1.29 is 14.7 Å². The average molecular weight is 316 g/mol. The van der Waals surface area contributed by atoms with Crippen LogP contribution in [0, 0.1) is 5.92 Å². The molecule has 2 aliphatic rings. The Bertz CT molecular complexity index is 561. The zero-order chi connectivity index (χ0) is 16.3. The van der Waals surface area contributed by atoms with Gasteiger partial charge in [-0.25, -0.2) is 4.79 Å². The molecule has 1 aliphatic heterocycles. The summed E-state index contributed by atoms with van der Waals surface area (Å²) in [5, 5.41) is 12.1. The Morgan fingerprint density at radius 1 is 1.17 bits per heavy atom. The Morgan fingerprint density at radius 3 is 2.35 bits per heavy atom. The van der Waals surface area contributed by atoms with Gasteiger partial charge in [-0.05, 0) is 31.2 Å². The lowest BCUT2D eigenvalue weighted by Crippen LogP contribution is -2.51. The van der Waals surface area contributed by atoms with E-state index in [9.17, 15) is 9.59 Å². The van der Waals surface area contributed by atoms with Gasteiger partial charge < -0.3 is 15.3 Å². The van der Waals surface area contributed by atoms with Crippen LogP contribution >= 0.6 is 0 Å². The number of nitrogens with zero attached hydrogens (tertiary/aromatic N) is 1. The van der Waals surface area contributed by atoms with Gasteiger partial charge in [0.25, 0.3) is 0 Å². The molecule has 0 unspecified atom stereocenters. The molecule has 2 amide bonds. The lowest BCUT2D eigenvalue weighted by Gasteiger charge is -2.43. The monoisotopic (exact) mass is 316 g/mol. The Kier molecular flexibility index (Phi) is 4.55. The van der Waals surface area contributed by atoms with Crippen molar-refractivity contribution in [1.82, 2.24) is 10.2 Å². The van der Waals surface area contributed by atoms with E-state index in [1.807, 2.05) is 18.2 Å². The molecule has 1 aromatic carbocycles. The third kappa shape index (κ3) is 3.33. The molecule has 124 valence electrons. The van der Waals surface area contributed by atoms with Gasteiger partial charge in [0.1, 0.15) is 0 Å². The van der Waals surface area contributed by atoms with Crippen LogP contribution in [-0.2, 0) is 10.2 Å². The number of hydrogen-bond donors (Lipinski definition) is 2. The maximum absolute atomic E-state index is 12.4. The minimum absolute atomic E-state index is 0.0592. The Morgan fingerprint density at radius 2 is 1.83 bits per heavy atom. The molecule has 0 atom stereocenters. The van der Waals surface area contributed by atoms with E-state index in [0.29, 0.717) is 32.5 Å². The van der Waals surface area contributed by atoms with Crippen LogP contribution < -0.4 is 5.32 Å². The van der Waals surface area contributed by atoms with E-state index in [2.05, 4.69) is 17.4 Å². The first-order valence-corrected chi connectivity index (χ1v) is 8.42. The highest BCUT2D eigenvalue weighted by molar-refractivity contribution is 5.75. The molecule has 0 bridgehead atoms. The average Bonchev–Trinajstić information content (AvgIpc) is 2.55. The topological polar surface area (TPSA) is 69.6 Å². The number of aliphatic carboxylic acids is 1. The maximum Gasteiger partial charge on any atom is 0.317 e. The van der Waals surface area contributed by atoms with Gasteiger partial charge in [-0.15, -0.1) is 0 Å². The number of nitrogens with one attached hydrogen (secondary N) is 1. The molecule has 1 aromatic rings. The largest absolute Gasteiger partial charge is 0.481 e. The van der Waals surface area contributed by atoms with Gasteiger partial charge in [0.05, 0.1) is 5.92 Å². The minimum Gasteiger partial charge on any atom is -0.481 e. The van der Waals surface area contributed by atoms with Crippen molar-refractivity contribution in [2.75, 3.05) is 19.6 Å². The second kappa shape index (κ2) is 6.60. The van der Waals surface area contributed by atoms with E-state index in [-0.39, 0.29) is 17.4 Å². The van der Waals surface area contributed by atoms with Crippen LogP contribution in [0.3, 0.4) is 0 Å². The molecule has 2 N–H and O–H groups in total. The van der Waals surface area contributed by atoms with Gasteiger partial charge in [0, 0.05) is 25.0 Å². The summed E-state index contributed by atoms with van der Waals surface area (Å²) in [6.45, 7) is 1.72. The number of hydrogen-bond acceptors (Lipinski definition) is 2. The number of urea groups is 1. The van der Waals surface area contributed by atoms with Crippen molar-refractivity contribution in [2.24, 2.45) is 5.92 Å². The third-order valence-corrected chi connectivity index (χ3v) is 5.41. The molecule has 0 aromatic heterocycles. The molecular formula is C18H24N2O3. The highest BCUT2D eigenvalue weighted by atomic mass is 16.4. The van der Waals surface area contributed by atoms with Crippen LogP contribution in [0.15, 0.2) is 30.3 Å². The Labute approximate surface area is 136 Å². The number of likely N-dealkylation sites (tertiary alicyclic amines) is 1. The van der Waals surface area contributed by atoms with Gasteiger partial charge in [0.2, 0.25) is 0 Å². The SMILES string of the molecule is O=C(O)C1CCN(C(=O)NCC2(c3ccccc3)CCC2)CC1.